The summed E-state index contributed by atoms with van der Waals surface area (Å²) in [5, 5.41) is 0. The lowest BCUT2D eigenvalue weighted by molar-refractivity contribution is -0.147. The van der Waals surface area contributed by atoms with Crippen LogP contribution in [0.25, 0.3) is 0 Å². The highest BCUT2D eigenvalue weighted by atomic mass is 16.5. The van der Waals surface area contributed by atoms with Crippen LogP contribution in [-0.2, 0) is 25.6 Å². The van der Waals surface area contributed by atoms with Gasteiger partial charge in [-0.1, -0.05) is 115 Å². The normalized spacial score (nSPS) is 13.0. The van der Waals surface area contributed by atoms with Gasteiger partial charge >= 0.3 is 5.97 Å². The van der Waals surface area contributed by atoms with E-state index >= 15 is 0 Å². The minimum atomic E-state index is -0.0197. The van der Waals surface area contributed by atoms with Crippen molar-refractivity contribution in [3.63, 3.8) is 0 Å². The summed E-state index contributed by atoms with van der Waals surface area (Å²) in [5.41, 5.74) is 1.21. The van der Waals surface area contributed by atoms with Crippen molar-refractivity contribution in [2.75, 3.05) is 26.9 Å². The third-order valence-corrected chi connectivity index (χ3v) is 7.03. The lowest BCUT2D eigenvalue weighted by Gasteiger charge is -2.19. The molecule has 1 aromatic carbocycles. The van der Waals surface area contributed by atoms with Crippen LogP contribution in [0.5, 0.6) is 0 Å². The van der Waals surface area contributed by atoms with Crippen molar-refractivity contribution in [1.29, 1.82) is 0 Å². The predicted molar refractivity (Wildman–Crippen MR) is 151 cm³/mol. The maximum Gasteiger partial charge on any atom is 0.306 e. The quantitative estimate of drug-likeness (QED) is 0.0985. The summed E-state index contributed by atoms with van der Waals surface area (Å²) in [4.78, 5) is 12.7. The van der Waals surface area contributed by atoms with Crippen molar-refractivity contribution in [1.82, 2.24) is 0 Å². The van der Waals surface area contributed by atoms with Crippen molar-refractivity contribution in [2.24, 2.45) is 11.8 Å². The van der Waals surface area contributed by atoms with Gasteiger partial charge in [-0.2, -0.15) is 0 Å². The van der Waals surface area contributed by atoms with Crippen LogP contribution >= 0.6 is 0 Å². The Labute approximate surface area is 222 Å². The Morgan fingerprint density at radius 3 is 1.97 bits per heavy atom. The van der Waals surface area contributed by atoms with Gasteiger partial charge in [0.05, 0.1) is 19.8 Å². The van der Waals surface area contributed by atoms with E-state index in [1.807, 2.05) is 18.2 Å². The van der Waals surface area contributed by atoms with E-state index in [0.717, 1.165) is 38.7 Å². The van der Waals surface area contributed by atoms with Crippen molar-refractivity contribution < 1.29 is 19.0 Å². The summed E-state index contributed by atoms with van der Waals surface area (Å²) in [6.45, 7) is 7.04. The minimum Gasteiger partial charge on any atom is -0.465 e. The molecule has 0 amide bonds. The average molecular weight is 505 g/mol. The second kappa shape index (κ2) is 24.0. The molecule has 0 aliphatic heterocycles. The summed E-state index contributed by atoms with van der Waals surface area (Å²) in [6.07, 6.45) is 18.9. The van der Waals surface area contributed by atoms with Crippen LogP contribution in [0.2, 0.25) is 0 Å². The number of esters is 1. The lowest BCUT2D eigenvalue weighted by Crippen LogP contribution is -2.20. The van der Waals surface area contributed by atoms with Gasteiger partial charge in [-0.25, -0.2) is 0 Å². The van der Waals surface area contributed by atoms with E-state index in [0.29, 0.717) is 32.2 Å². The Morgan fingerprint density at radius 2 is 1.31 bits per heavy atom. The van der Waals surface area contributed by atoms with Gasteiger partial charge in [0.15, 0.2) is 0 Å². The van der Waals surface area contributed by atoms with Crippen LogP contribution in [0.4, 0.5) is 0 Å². The highest BCUT2D eigenvalue weighted by Gasteiger charge is 2.17. The average Bonchev–Trinajstić information content (AvgIpc) is 2.89. The summed E-state index contributed by atoms with van der Waals surface area (Å²) in [5.74, 6) is 0.714. The summed E-state index contributed by atoms with van der Waals surface area (Å²) >= 11 is 0. The van der Waals surface area contributed by atoms with Crippen molar-refractivity contribution in [2.45, 2.75) is 123 Å². The molecular formula is C32H56O4. The van der Waals surface area contributed by atoms with E-state index < -0.39 is 0 Å². The fourth-order valence-electron chi connectivity index (χ4n) is 4.78. The Morgan fingerprint density at radius 1 is 0.722 bits per heavy atom. The molecule has 36 heavy (non-hydrogen) atoms. The van der Waals surface area contributed by atoms with E-state index in [9.17, 15) is 4.79 Å². The SMILES string of the molecule is CCCCCCCCC(CCCCCC)CC(=O)OCC(CCCCOCc1ccccc1)COC. The summed E-state index contributed by atoms with van der Waals surface area (Å²) < 4.78 is 17.0. The van der Waals surface area contributed by atoms with Crippen LogP contribution in [0, 0.1) is 11.8 Å². The van der Waals surface area contributed by atoms with Crippen LogP contribution in [0.3, 0.4) is 0 Å². The van der Waals surface area contributed by atoms with Crippen LogP contribution in [-0.4, -0.2) is 32.9 Å². The van der Waals surface area contributed by atoms with Crippen molar-refractivity contribution in [3.05, 3.63) is 35.9 Å². The number of unbranched alkanes of at least 4 members (excludes halogenated alkanes) is 9. The molecule has 0 bridgehead atoms. The number of methoxy groups -OCH3 is 1. The fourth-order valence-corrected chi connectivity index (χ4v) is 4.78. The zero-order chi connectivity index (χ0) is 26.1. The van der Waals surface area contributed by atoms with Crippen LogP contribution in [0.15, 0.2) is 30.3 Å². The van der Waals surface area contributed by atoms with Gasteiger partial charge in [0.25, 0.3) is 0 Å². The molecule has 0 radical (unpaired) electrons. The number of ether oxygens (including phenoxy) is 3. The molecule has 0 spiro atoms. The molecule has 0 aliphatic rings. The Hall–Kier alpha value is -1.39. The summed E-state index contributed by atoms with van der Waals surface area (Å²) in [6, 6.07) is 10.3. The van der Waals surface area contributed by atoms with E-state index in [1.54, 1.807) is 7.11 Å². The first-order valence-electron chi connectivity index (χ1n) is 15.0. The van der Waals surface area contributed by atoms with Crippen LogP contribution in [0.1, 0.15) is 122 Å². The Balaban J connectivity index is 2.28. The van der Waals surface area contributed by atoms with Gasteiger partial charge in [-0.15, -0.1) is 0 Å². The molecule has 0 saturated heterocycles. The lowest BCUT2D eigenvalue weighted by atomic mass is 9.91. The van der Waals surface area contributed by atoms with Gasteiger partial charge in [-0.3, -0.25) is 4.79 Å². The van der Waals surface area contributed by atoms with E-state index in [-0.39, 0.29) is 11.9 Å². The highest BCUT2D eigenvalue weighted by Crippen LogP contribution is 2.23. The first-order chi connectivity index (χ1) is 17.7. The molecule has 0 N–H and O–H groups in total. The highest BCUT2D eigenvalue weighted by molar-refractivity contribution is 5.69. The third-order valence-electron chi connectivity index (χ3n) is 7.03. The van der Waals surface area contributed by atoms with Gasteiger partial charge in [-0.05, 0) is 37.2 Å². The number of rotatable bonds is 25. The number of hydrogen-bond donors (Lipinski definition) is 0. The first-order valence-corrected chi connectivity index (χ1v) is 15.0. The molecule has 1 rings (SSSR count). The topological polar surface area (TPSA) is 44.8 Å². The molecule has 2 unspecified atom stereocenters. The third kappa shape index (κ3) is 18.8. The van der Waals surface area contributed by atoms with Crippen molar-refractivity contribution in [3.8, 4) is 0 Å². The molecule has 1 aromatic rings. The molecule has 4 nitrogen and oxygen atoms in total. The molecule has 0 saturated carbocycles. The minimum absolute atomic E-state index is 0.0197. The molecule has 0 heterocycles. The van der Waals surface area contributed by atoms with Gasteiger partial charge in [0.2, 0.25) is 0 Å². The fraction of sp³-hybridized carbons (Fsp3) is 0.781. The van der Waals surface area contributed by atoms with E-state index in [2.05, 4.69) is 26.0 Å². The number of hydrogen-bond acceptors (Lipinski definition) is 4. The summed E-state index contributed by atoms with van der Waals surface area (Å²) in [7, 11) is 1.73. The molecule has 0 aliphatic carbocycles. The van der Waals surface area contributed by atoms with Crippen molar-refractivity contribution >= 4 is 5.97 Å². The van der Waals surface area contributed by atoms with Gasteiger partial charge < -0.3 is 14.2 Å². The van der Waals surface area contributed by atoms with Gasteiger partial charge in [0.1, 0.15) is 0 Å². The standard InChI is InChI=1S/C32H56O4/c1-4-6-8-10-11-14-20-29(19-13-9-7-5-2)25-32(33)36-28-31(26-34-3)23-17-18-24-35-27-30-21-15-12-16-22-30/h12,15-16,21-22,29,31H,4-11,13-14,17-20,23-28H2,1-3H3. The van der Waals surface area contributed by atoms with E-state index in [1.165, 1.54) is 69.8 Å². The second-order valence-electron chi connectivity index (χ2n) is 10.5. The molecule has 0 aromatic heterocycles. The number of carbonyl (C=O) groups excluding carboxylic acids is 1. The van der Waals surface area contributed by atoms with Crippen LogP contribution < -0.4 is 0 Å². The zero-order valence-electron chi connectivity index (χ0n) is 23.8. The molecule has 2 atom stereocenters. The Bertz CT molecular complexity index is 603. The predicted octanol–water partition coefficient (Wildman–Crippen LogP) is 8.91. The maximum absolute atomic E-state index is 12.7. The zero-order valence-corrected chi connectivity index (χ0v) is 23.8. The molecule has 4 heteroatoms. The molecule has 0 fully saturated rings. The largest absolute Gasteiger partial charge is 0.465 e. The second-order valence-corrected chi connectivity index (χ2v) is 10.5. The smallest absolute Gasteiger partial charge is 0.306 e. The Kier molecular flexibility index (Phi) is 21.7. The van der Waals surface area contributed by atoms with Gasteiger partial charge in [0, 0.05) is 26.1 Å². The molecular weight excluding hydrogens is 448 g/mol. The number of benzene rings is 1. The maximum atomic E-state index is 12.7. The first kappa shape index (κ1) is 32.6. The molecule has 208 valence electrons. The van der Waals surface area contributed by atoms with E-state index in [4.69, 9.17) is 14.2 Å². The number of carbonyl (C=O) groups is 1. The monoisotopic (exact) mass is 504 g/mol.